The van der Waals surface area contributed by atoms with E-state index in [1.165, 1.54) is 0 Å². The number of carbonyl (C=O) groups is 1. The molecule has 2 aromatic rings. The minimum absolute atomic E-state index is 0.110. The molecule has 2 aromatic carbocycles. The van der Waals surface area contributed by atoms with Crippen molar-refractivity contribution < 1.29 is 9.53 Å². The van der Waals surface area contributed by atoms with Crippen LogP contribution < -0.4 is 16.2 Å². The van der Waals surface area contributed by atoms with Crippen LogP contribution in [-0.2, 0) is 0 Å². The molecule has 0 aliphatic rings. The van der Waals surface area contributed by atoms with E-state index in [1.807, 2.05) is 31.2 Å². The monoisotopic (exact) mass is 256 g/mol. The predicted octanol–water partition coefficient (Wildman–Crippen LogP) is 2.60. The Labute approximate surface area is 112 Å². The molecule has 0 unspecified atom stereocenters. The molecule has 0 bridgehead atoms. The second-order valence-electron chi connectivity index (χ2n) is 4.32. The van der Waals surface area contributed by atoms with Crippen LogP contribution in [-0.4, -0.2) is 5.91 Å². The number of hydrogen-bond acceptors (Lipinski definition) is 3. The van der Waals surface area contributed by atoms with Gasteiger partial charge in [0.1, 0.15) is 11.5 Å². The van der Waals surface area contributed by atoms with Gasteiger partial charge in [0.25, 0.3) is 0 Å². The number of nitrogens with two attached hydrogens (primary N) is 2. The fourth-order valence-electron chi connectivity index (χ4n) is 1.76. The third-order valence-corrected chi connectivity index (χ3v) is 2.78. The minimum Gasteiger partial charge on any atom is -0.457 e. The van der Waals surface area contributed by atoms with E-state index >= 15 is 0 Å². The Balaban J connectivity index is 2.24. The standard InChI is InChI=1S/C15H16N2O2/c1-10(16)13-4-2-3-5-14(13)19-12-8-6-11(7-9-12)15(17)18/h2-10H,16H2,1H3,(H2,17,18)/t10-/m0/s1. The highest BCUT2D eigenvalue weighted by atomic mass is 16.5. The van der Waals surface area contributed by atoms with Gasteiger partial charge < -0.3 is 16.2 Å². The highest BCUT2D eigenvalue weighted by Crippen LogP contribution is 2.28. The zero-order valence-corrected chi connectivity index (χ0v) is 10.7. The molecule has 0 aliphatic carbocycles. The molecule has 0 radical (unpaired) electrons. The molecule has 98 valence electrons. The van der Waals surface area contributed by atoms with E-state index in [0.717, 1.165) is 5.56 Å². The quantitative estimate of drug-likeness (QED) is 0.882. The van der Waals surface area contributed by atoms with Crippen molar-refractivity contribution in [1.82, 2.24) is 0 Å². The van der Waals surface area contributed by atoms with E-state index in [2.05, 4.69) is 0 Å². The maximum absolute atomic E-state index is 11.0. The van der Waals surface area contributed by atoms with Crippen molar-refractivity contribution in [3.63, 3.8) is 0 Å². The number of primary amides is 1. The van der Waals surface area contributed by atoms with E-state index in [4.69, 9.17) is 16.2 Å². The van der Waals surface area contributed by atoms with E-state index in [-0.39, 0.29) is 6.04 Å². The maximum Gasteiger partial charge on any atom is 0.248 e. The molecule has 0 aromatic heterocycles. The lowest BCUT2D eigenvalue weighted by Crippen LogP contribution is -2.10. The molecule has 0 fully saturated rings. The number of amides is 1. The lowest BCUT2D eigenvalue weighted by atomic mass is 10.1. The summed E-state index contributed by atoms with van der Waals surface area (Å²) in [6.07, 6.45) is 0. The van der Waals surface area contributed by atoms with Crippen LogP contribution in [0.15, 0.2) is 48.5 Å². The molecular formula is C15H16N2O2. The van der Waals surface area contributed by atoms with Gasteiger partial charge in [-0.3, -0.25) is 4.79 Å². The lowest BCUT2D eigenvalue weighted by molar-refractivity contribution is 0.100. The first kappa shape index (κ1) is 13.1. The van der Waals surface area contributed by atoms with Gasteiger partial charge in [-0.05, 0) is 37.3 Å². The normalized spacial score (nSPS) is 11.9. The second-order valence-corrected chi connectivity index (χ2v) is 4.32. The van der Waals surface area contributed by atoms with Crippen molar-refractivity contribution >= 4 is 5.91 Å². The first-order chi connectivity index (χ1) is 9.08. The first-order valence-corrected chi connectivity index (χ1v) is 6.00. The van der Waals surface area contributed by atoms with Crippen molar-refractivity contribution in [3.05, 3.63) is 59.7 Å². The Morgan fingerprint density at radius 3 is 2.32 bits per heavy atom. The molecule has 19 heavy (non-hydrogen) atoms. The van der Waals surface area contributed by atoms with Crippen LogP contribution in [0, 0.1) is 0 Å². The van der Waals surface area contributed by atoms with Crippen molar-refractivity contribution in [2.45, 2.75) is 13.0 Å². The SMILES string of the molecule is C[C@H](N)c1ccccc1Oc1ccc(C(N)=O)cc1. The lowest BCUT2D eigenvalue weighted by Gasteiger charge is -2.13. The summed E-state index contributed by atoms with van der Waals surface area (Å²) in [5.74, 6) is 0.893. The molecule has 1 amide bonds. The van der Waals surface area contributed by atoms with Crippen molar-refractivity contribution in [2.24, 2.45) is 11.5 Å². The van der Waals surface area contributed by atoms with E-state index < -0.39 is 5.91 Å². The third-order valence-electron chi connectivity index (χ3n) is 2.78. The van der Waals surface area contributed by atoms with Gasteiger partial charge in [-0.1, -0.05) is 18.2 Å². The fourth-order valence-corrected chi connectivity index (χ4v) is 1.76. The Morgan fingerprint density at radius 1 is 1.11 bits per heavy atom. The van der Waals surface area contributed by atoms with Crippen LogP contribution in [0.1, 0.15) is 28.9 Å². The van der Waals surface area contributed by atoms with Gasteiger partial charge in [0.05, 0.1) is 0 Å². The summed E-state index contributed by atoms with van der Waals surface area (Å²) in [5, 5.41) is 0. The van der Waals surface area contributed by atoms with Gasteiger partial charge in [-0.25, -0.2) is 0 Å². The zero-order valence-electron chi connectivity index (χ0n) is 10.7. The molecule has 0 saturated carbocycles. The smallest absolute Gasteiger partial charge is 0.248 e. The van der Waals surface area contributed by atoms with Crippen molar-refractivity contribution in [3.8, 4) is 11.5 Å². The molecule has 4 heteroatoms. The highest BCUT2D eigenvalue weighted by Gasteiger charge is 2.08. The van der Waals surface area contributed by atoms with Crippen LogP contribution in [0.2, 0.25) is 0 Å². The summed E-state index contributed by atoms with van der Waals surface area (Å²) >= 11 is 0. The van der Waals surface area contributed by atoms with Crippen molar-refractivity contribution in [2.75, 3.05) is 0 Å². The van der Waals surface area contributed by atoms with E-state index in [9.17, 15) is 4.79 Å². The van der Waals surface area contributed by atoms with Crippen LogP contribution in [0.25, 0.3) is 0 Å². The van der Waals surface area contributed by atoms with Gasteiger partial charge >= 0.3 is 0 Å². The maximum atomic E-state index is 11.0. The molecule has 0 heterocycles. The molecular weight excluding hydrogens is 240 g/mol. The summed E-state index contributed by atoms with van der Waals surface area (Å²) in [5.41, 5.74) is 12.5. The number of ether oxygens (including phenoxy) is 1. The van der Waals surface area contributed by atoms with Gasteiger partial charge in [0.15, 0.2) is 0 Å². The fraction of sp³-hybridized carbons (Fsp3) is 0.133. The number of benzene rings is 2. The van der Waals surface area contributed by atoms with E-state index in [0.29, 0.717) is 17.1 Å². The summed E-state index contributed by atoms with van der Waals surface area (Å²) in [4.78, 5) is 11.0. The topological polar surface area (TPSA) is 78.3 Å². The van der Waals surface area contributed by atoms with Gasteiger partial charge in [0, 0.05) is 17.2 Å². The Kier molecular flexibility index (Phi) is 3.82. The molecule has 4 nitrogen and oxygen atoms in total. The number of hydrogen-bond donors (Lipinski definition) is 2. The third kappa shape index (κ3) is 3.11. The van der Waals surface area contributed by atoms with Gasteiger partial charge in [-0.15, -0.1) is 0 Å². The van der Waals surface area contributed by atoms with Crippen LogP contribution in [0.4, 0.5) is 0 Å². The number of para-hydroxylation sites is 1. The van der Waals surface area contributed by atoms with E-state index in [1.54, 1.807) is 24.3 Å². The molecule has 1 atom stereocenters. The number of carbonyl (C=O) groups excluding carboxylic acids is 1. The molecule has 2 rings (SSSR count). The van der Waals surface area contributed by atoms with Gasteiger partial charge in [0.2, 0.25) is 5.91 Å². The molecule has 0 spiro atoms. The number of rotatable bonds is 4. The van der Waals surface area contributed by atoms with Gasteiger partial charge in [-0.2, -0.15) is 0 Å². The minimum atomic E-state index is -0.456. The summed E-state index contributed by atoms with van der Waals surface area (Å²) in [6.45, 7) is 1.90. The molecule has 0 saturated heterocycles. The largest absolute Gasteiger partial charge is 0.457 e. The Morgan fingerprint density at radius 2 is 1.74 bits per heavy atom. The Bertz CT molecular complexity index is 577. The molecule has 4 N–H and O–H groups in total. The second kappa shape index (κ2) is 5.54. The average molecular weight is 256 g/mol. The average Bonchev–Trinajstić information content (AvgIpc) is 2.39. The van der Waals surface area contributed by atoms with Crippen LogP contribution in [0.5, 0.6) is 11.5 Å². The summed E-state index contributed by atoms with van der Waals surface area (Å²) < 4.78 is 5.77. The van der Waals surface area contributed by atoms with Crippen LogP contribution >= 0.6 is 0 Å². The summed E-state index contributed by atoms with van der Waals surface area (Å²) in [7, 11) is 0. The highest BCUT2D eigenvalue weighted by molar-refractivity contribution is 5.92. The van der Waals surface area contributed by atoms with Crippen LogP contribution in [0.3, 0.4) is 0 Å². The zero-order chi connectivity index (χ0) is 13.8. The summed E-state index contributed by atoms with van der Waals surface area (Å²) in [6, 6.07) is 14.2. The predicted molar refractivity (Wildman–Crippen MR) is 74.1 cm³/mol. The van der Waals surface area contributed by atoms with Crippen molar-refractivity contribution in [1.29, 1.82) is 0 Å². The molecule has 0 aliphatic heterocycles. The first-order valence-electron chi connectivity index (χ1n) is 6.00. The Hall–Kier alpha value is -2.33.